The van der Waals surface area contributed by atoms with Crippen LogP contribution in [-0.4, -0.2) is 30.4 Å². The van der Waals surface area contributed by atoms with Crippen LogP contribution in [0.15, 0.2) is 18.2 Å². The van der Waals surface area contributed by atoms with Gasteiger partial charge in [0.05, 0.1) is 18.7 Å². The minimum atomic E-state index is -1.80. The van der Waals surface area contributed by atoms with E-state index < -0.39 is 23.3 Å². The molecule has 7 heteroatoms. The first kappa shape index (κ1) is 15.8. The van der Waals surface area contributed by atoms with Crippen LogP contribution in [0.3, 0.4) is 0 Å². The molecule has 112 valence electrons. The topological polar surface area (TPSA) is 94.2 Å². The number of nitriles is 2. The first-order chi connectivity index (χ1) is 10.4. The smallest absolute Gasteiger partial charge is 0.327 e. The van der Waals surface area contributed by atoms with Gasteiger partial charge in [-0.05, 0) is 19.1 Å². The van der Waals surface area contributed by atoms with Gasteiger partial charge < -0.3 is 9.64 Å². The van der Waals surface area contributed by atoms with Crippen LogP contribution in [0.4, 0.5) is 0 Å². The maximum Gasteiger partial charge on any atom is 0.327 e. The molecule has 2 atom stereocenters. The van der Waals surface area contributed by atoms with Gasteiger partial charge in [-0.3, -0.25) is 9.59 Å². The predicted octanol–water partition coefficient (Wildman–Crippen LogP) is 1.85. The third-order valence-electron chi connectivity index (χ3n) is 3.70. The molecule has 2 rings (SSSR count). The van der Waals surface area contributed by atoms with E-state index in [-0.39, 0.29) is 22.8 Å². The molecule has 0 spiro atoms. The van der Waals surface area contributed by atoms with Gasteiger partial charge in [-0.1, -0.05) is 17.7 Å². The highest BCUT2D eigenvalue weighted by atomic mass is 35.5. The van der Waals surface area contributed by atoms with E-state index in [4.69, 9.17) is 16.3 Å². The molecular weight excluding hydrogens is 306 g/mol. The van der Waals surface area contributed by atoms with Crippen molar-refractivity contribution in [2.45, 2.75) is 12.5 Å². The fourth-order valence-electron chi connectivity index (χ4n) is 2.67. The van der Waals surface area contributed by atoms with Crippen molar-refractivity contribution in [1.29, 1.82) is 10.5 Å². The average molecular weight is 318 g/mol. The lowest BCUT2D eigenvalue weighted by Gasteiger charge is -2.32. The van der Waals surface area contributed by atoms with Gasteiger partial charge in [-0.2, -0.15) is 10.5 Å². The molecule has 0 saturated heterocycles. The van der Waals surface area contributed by atoms with Crippen molar-refractivity contribution in [3.63, 3.8) is 0 Å². The summed E-state index contributed by atoms with van der Waals surface area (Å²) in [6.45, 7) is 1.65. The van der Waals surface area contributed by atoms with Crippen molar-refractivity contribution in [3.05, 3.63) is 34.3 Å². The van der Waals surface area contributed by atoms with Crippen LogP contribution >= 0.6 is 11.6 Å². The number of amides is 1. The zero-order chi connectivity index (χ0) is 16.5. The number of esters is 1. The van der Waals surface area contributed by atoms with Crippen LogP contribution in [0.2, 0.25) is 5.02 Å². The normalized spacial score (nSPS) is 20.8. The van der Waals surface area contributed by atoms with E-state index in [1.165, 1.54) is 19.2 Å². The number of carbonyl (C=O) groups is 2. The fourth-order valence-corrected chi connectivity index (χ4v) is 2.99. The zero-order valence-corrected chi connectivity index (χ0v) is 12.7. The van der Waals surface area contributed by atoms with Gasteiger partial charge in [0.15, 0.2) is 11.5 Å². The molecule has 22 heavy (non-hydrogen) atoms. The molecule has 1 aromatic rings. The Morgan fingerprint density at radius 2 is 2.18 bits per heavy atom. The molecule has 1 amide bonds. The summed E-state index contributed by atoms with van der Waals surface area (Å²) in [5.41, 5.74) is -1.42. The second kappa shape index (κ2) is 5.67. The summed E-state index contributed by atoms with van der Waals surface area (Å²) >= 11 is 6.15. The maximum absolute atomic E-state index is 12.4. The lowest BCUT2D eigenvalue weighted by molar-refractivity contribution is -0.149. The molecule has 1 aliphatic rings. The molecule has 0 aliphatic carbocycles. The molecule has 6 nitrogen and oxygen atoms in total. The molecule has 1 aromatic carbocycles. The van der Waals surface area contributed by atoms with Gasteiger partial charge >= 0.3 is 5.97 Å². The number of fused-ring (bicyclic) bond motifs is 1. The van der Waals surface area contributed by atoms with E-state index in [2.05, 4.69) is 0 Å². The summed E-state index contributed by atoms with van der Waals surface area (Å²) in [6, 6.07) is 8.33. The van der Waals surface area contributed by atoms with E-state index in [0.717, 1.165) is 4.90 Å². The molecular formula is C15H12ClN3O3. The number of halogens is 1. The van der Waals surface area contributed by atoms with Crippen molar-refractivity contribution in [1.82, 2.24) is 4.90 Å². The number of benzene rings is 1. The molecule has 1 aliphatic heterocycles. The first-order valence-corrected chi connectivity index (χ1v) is 6.88. The van der Waals surface area contributed by atoms with Crippen LogP contribution in [0.1, 0.15) is 22.8 Å². The summed E-state index contributed by atoms with van der Waals surface area (Å²) in [5, 5.41) is 19.3. The first-order valence-electron chi connectivity index (χ1n) is 6.50. The van der Waals surface area contributed by atoms with E-state index in [1.54, 1.807) is 19.1 Å². The summed E-state index contributed by atoms with van der Waals surface area (Å²) in [7, 11) is 1.37. The van der Waals surface area contributed by atoms with E-state index >= 15 is 0 Å². The molecule has 0 bridgehead atoms. The van der Waals surface area contributed by atoms with Crippen molar-refractivity contribution >= 4 is 23.5 Å². The SMILES string of the molecule is CCOC(=O)C(C#N)C1(C#N)c2c(Cl)cccc2C(=O)N1C. The molecule has 2 unspecified atom stereocenters. The Bertz CT molecular complexity index is 735. The van der Waals surface area contributed by atoms with Crippen molar-refractivity contribution in [2.75, 3.05) is 13.7 Å². The molecule has 0 radical (unpaired) electrons. The number of ether oxygens (including phenoxy) is 1. The molecule has 0 saturated carbocycles. The van der Waals surface area contributed by atoms with Gasteiger partial charge in [0.1, 0.15) is 0 Å². The minimum absolute atomic E-state index is 0.0611. The largest absolute Gasteiger partial charge is 0.465 e. The second-order valence-electron chi connectivity index (χ2n) is 4.72. The van der Waals surface area contributed by atoms with Gasteiger partial charge in [-0.25, -0.2) is 0 Å². The highest BCUT2D eigenvalue weighted by Gasteiger charge is 2.58. The monoisotopic (exact) mass is 317 g/mol. The van der Waals surface area contributed by atoms with E-state index in [0.29, 0.717) is 0 Å². The fraction of sp³-hybridized carbons (Fsp3) is 0.333. The van der Waals surface area contributed by atoms with Crippen LogP contribution < -0.4 is 0 Å². The molecule has 1 heterocycles. The zero-order valence-electron chi connectivity index (χ0n) is 12.0. The van der Waals surface area contributed by atoms with Crippen LogP contribution in [0, 0.1) is 28.6 Å². The molecule has 0 fully saturated rings. The lowest BCUT2D eigenvalue weighted by atomic mass is 9.79. The summed E-state index contributed by atoms with van der Waals surface area (Å²) in [4.78, 5) is 25.6. The van der Waals surface area contributed by atoms with E-state index in [1.807, 2.05) is 6.07 Å². The van der Waals surface area contributed by atoms with Crippen LogP contribution in [0.5, 0.6) is 0 Å². The van der Waals surface area contributed by atoms with Crippen LogP contribution in [0.25, 0.3) is 0 Å². The van der Waals surface area contributed by atoms with Crippen molar-refractivity contribution in [3.8, 4) is 12.1 Å². The predicted molar refractivity (Wildman–Crippen MR) is 76.6 cm³/mol. The Morgan fingerprint density at radius 1 is 1.50 bits per heavy atom. The summed E-state index contributed by atoms with van der Waals surface area (Å²) in [5.74, 6) is -2.82. The maximum atomic E-state index is 12.4. The third kappa shape index (κ3) is 1.93. The molecule has 0 N–H and O–H groups in total. The number of hydrogen-bond donors (Lipinski definition) is 0. The molecule has 0 aromatic heterocycles. The average Bonchev–Trinajstić information content (AvgIpc) is 2.72. The highest BCUT2D eigenvalue weighted by Crippen LogP contribution is 2.46. The van der Waals surface area contributed by atoms with Gasteiger partial charge in [-0.15, -0.1) is 0 Å². The lowest BCUT2D eigenvalue weighted by Crippen LogP contribution is -2.49. The summed E-state index contributed by atoms with van der Waals surface area (Å²) < 4.78 is 4.88. The Hall–Kier alpha value is -2.57. The highest BCUT2D eigenvalue weighted by molar-refractivity contribution is 6.32. The Balaban J connectivity index is 2.75. The van der Waals surface area contributed by atoms with Crippen molar-refractivity contribution in [2.24, 2.45) is 5.92 Å². The number of hydrogen-bond acceptors (Lipinski definition) is 5. The Morgan fingerprint density at radius 3 is 2.73 bits per heavy atom. The van der Waals surface area contributed by atoms with Gasteiger partial charge in [0, 0.05) is 23.2 Å². The van der Waals surface area contributed by atoms with E-state index in [9.17, 15) is 20.1 Å². The second-order valence-corrected chi connectivity index (χ2v) is 5.13. The van der Waals surface area contributed by atoms with Crippen molar-refractivity contribution < 1.29 is 14.3 Å². The van der Waals surface area contributed by atoms with Gasteiger partial charge in [0.2, 0.25) is 0 Å². The number of carbonyl (C=O) groups excluding carboxylic acids is 2. The minimum Gasteiger partial charge on any atom is -0.465 e. The number of nitrogens with zero attached hydrogens (tertiary/aromatic N) is 3. The Kier molecular flexibility index (Phi) is 4.07. The Labute approximate surface area is 132 Å². The van der Waals surface area contributed by atoms with Crippen LogP contribution in [-0.2, 0) is 15.1 Å². The summed E-state index contributed by atoms with van der Waals surface area (Å²) in [6.07, 6.45) is 0. The van der Waals surface area contributed by atoms with Gasteiger partial charge in [0.25, 0.3) is 5.91 Å². The standard InChI is InChI=1S/C15H12ClN3O3/c1-3-22-14(21)10(7-17)15(8-18)12-9(13(20)19(15)2)5-4-6-11(12)16/h4-6,10H,3H2,1-2H3. The number of rotatable bonds is 3. The third-order valence-corrected chi connectivity index (χ3v) is 4.01. The quantitative estimate of drug-likeness (QED) is 0.793.